The molecule has 2 aromatic carbocycles. The lowest BCUT2D eigenvalue weighted by molar-refractivity contribution is 0.886. The van der Waals surface area contributed by atoms with Gasteiger partial charge >= 0.3 is 0 Å². The summed E-state index contributed by atoms with van der Waals surface area (Å²) in [6.07, 6.45) is 0. The van der Waals surface area contributed by atoms with E-state index in [4.69, 9.17) is 34.2 Å². The molecule has 20 heavy (non-hydrogen) atoms. The molecule has 2 rings (SSSR count). The lowest BCUT2D eigenvalue weighted by atomic mass is 10.1. The molecular formula is C15H13Cl2N3. The van der Waals surface area contributed by atoms with E-state index in [0.29, 0.717) is 21.3 Å². The van der Waals surface area contributed by atoms with Gasteiger partial charge in [0.15, 0.2) is 0 Å². The van der Waals surface area contributed by atoms with E-state index >= 15 is 0 Å². The third-order valence-corrected chi connectivity index (χ3v) is 3.54. The van der Waals surface area contributed by atoms with Gasteiger partial charge in [-0.25, -0.2) is 0 Å². The highest BCUT2D eigenvalue weighted by Gasteiger charge is 2.11. The number of halogens is 2. The predicted molar refractivity (Wildman–Crippen MR) is 84.1 cm³/mol. The molecule has 0 spiro atoms. The van der Waals surface area contributed by atoms with Crippen LogP contribution in [0.4, 0.5) is 11.4 Å². The van der Waals surface area contributed by atoms with E-state index in [1.165, 1.54) is 0 Å². The Bertz CT molecular complexity index is 677. The number of nitrogens with one attached hydrogen (secondary N) is 1. The van der Waals surface area contributed by atoms with Crippen molar-refractivity contribution in [3.63, 3.8) is 0 Å². The third-order valence-electron chi connectivity index (χ3n) is 2.98. The van der Waals surface area contributed by atoms with E-state index in [1.807, 2.05) is 13.0 Å². The van der Waals surface area contributed by atoms with Crippen LogP contribution in [-0.4, -0.2) is 0 Å². The summed E-state index contributed by atoms with van der Waals surface area (Å²) in [6, 6.07) is 12.5. The molecule has 0 saturated heterocycles. The fourth-order valence-electron chi connectivity index (χ4n) is 1.93. The highest BCUT2D eigenvalue weighted by molar-refractivity contribution is 6.35. The predicted octanol–water partition coefficient (Wildman–Crippen LogP) is 4.62. The van der Waals surface area contributed by atoms with E-state index in [1.54, 1.807) is 30.3 Å². The van der Waals surface area contributed by atoms with Gasteiger partial charge in [-0.05, 0) is 42.8 Å². The Labute approximate surface area is 127 Å². The summed E-state index contributed by atoms with van der Waals surface area (Å²) in [5.41, 5.74) is 8.68. The number of nitrogens with zero attached hydrogens (tertiary/aromatic N) is 1. The molecule has 0 aliphatic carbocycles. The molecule has 0 heterocycles. The van der Waals surface area contributed by atoms with Gasteiger partial charge in [0.2, 0.25) is 0 Å². The van der Waals surface area contributed by atoms with Crippen LogP contribution in [0.2, 0.25) is 10.0 Å². The fraction of sp³-hybridized carbons (Fsp3) is 0.133. The first-order chi connectivity index (χ1) is 9.51. The van der Waals surface area contributed by atoms with Crippen LogP contribution in [0, 0.1) is 11.3 Å². The maximum absolute atomic E-state index is 8.82. The van der Waals surface area contributed by atoms with Crippen LogP contribution in [0.3, 0.4) is 0 Å². The lowest BCUT2D eigenvalue weighted by Gasteiger charge is -2.18. The van der Waals surface area contributed by atoms with E-state index in [2.05, 4.69) is 11.4 Å². The first kappa shape index (κ1) is 14.5. The number of nitrogen functional groups attached to an aromatic ring is 1. The van der Waals surface area contributed by atoms with Gasteiger partial charge in [0.05, 0.1) is 29.0 Å². The number of nitrogens with two attached hydrogens (primary N) is 1. The minimum Gasteiger partial charge on any atom is -0.397 e. The Morgan fingerprint density at radius 1 is 1.20 bits per heavy atom. The highest BCUT2D eigenvalue weighted by Crippen LogP contribution is 2.30. The van der Waals surface area contributed by atoms with Crippen molar-refractivity contribution in [2.75, 3.05) is 11.1 Å². The molecular weight excluding hydrogens is 293 g/mol. The molecule has 0 aliphatic heterocycles. The van der Waals surface area contributed by atoms with Gasteiger partial charge in [0.1, 0.15) is 0 Å². The van der Waals surface area contributed by atoms with Crippen molar-refractivity contribution in [3.05, 3.63) is 57.6 Å². The Balaban J connectivity index is 2.23. The zero-order valence-electron chi connectivity index (χ0n) is 10.8. The first-order valence-corrected chi connectivity index (χ1v) is 6.78. The quantitative estimate of drug-likeness (QED) is 0.813. The number of hydrogen-bond acceptors (Lipinski definition) is 3. The number of rotatable bonds is 3. The summed E-state index contributed by atoms with van der Waals surface area (Å²) in [4.78, 5) is 0. The second kappa shape index (κ2) is 6.04. The van der Waals surface area contributed by atoms with Crippen molar-refractivity contribution in [3.8, 4) is 6.07 Å². The van der Waals surface area contributed by atoms with Crippen molar-refractivity contribution in [2.45, 2.75) is 13.0 Å². The molecule has 5 heteroatoms. The Hall–Kier alpha value is -1.89. The smallest absolute Gasteiger partial charge is 0.0992 e. The molecule has 0 saturated carbocycles. The third kappa shape index (κ3) is 3.16. The zero-order valence-corrected chi connectivity index (χ0v) is 12.3. The minimum absolute atomic E-state index is 0.0324. The molecule has 0 fully saturated rings. The minimum atomic E-state index is -0.0324. The molecule has 2 aromatic rings. The fourth-order valence-corrected chi connectivity index (χ4v) is 2.50. The summed E-state index contributed by atoms with van der Waals surface area (Å²) in [5.74, 6) is 0. The van der Waals surface area contributed by atoms with Crippen LogP contribution in [0.25, 0.3) is 0 Å². The molecule has 1 unspecified atom stereocenters. The van der Waals surface area contributed by atoms with Crippen molar-refractivity contribution in [2.24, 2.45) is 0 Å². The van der Waals surface area contributed by atoms with Gasteiger partial charge in [-0.15, -0.1) is 0 Å². The van der Waals surface area contributed by atoms with Crippen LogP contribution in [0.15, 0.2) is 36.4 Å². The molecule has 0 aliphatic rings. The van der Waals surface area contributed by atoms with Gasteiger partial charge in [-0.1, -0.05) is 29.3 Å². The largest absolute Gasteiger partial charge is 0.397 e. The summed E-state index contributed by atoms with van der Waals surface area (Å²) < 4.78 is 0. The van der Waals surface area contributed by atoms with Gasteiger partial charge in [-0.3, -0.25) is 0 Å². The molecule has 1 atom stereocenters. The lowest BCUT2D eigenvalue weighted by Crippen LogP contribution is -2.09. The van der Waals surface area contributed by atoms with Crippen LogP contribution < -0.4 is 11.1 Å². The van der Waals surface area contributed by atoms with Gasteiger partial charge in [0, 0.05) is 10.0 Å². The summed E-state index contributed by atoms with van der Waals surface area (Å²) in [7, 11) is 0. The van der Waals surface area contributed by atoms with Crippen LogP contribution >= 0.6 is 23.2 Å². The van der Waals surface area contributed by atoms with E-state index in [-0.39, 0.29) is 6.04 Å². The van der Waals surface area contributed by atoms with Gasteiger partial charge in [-0.2, -0.15) is 5.26 Å². The molecule has 3 N–H and O–H groups in total. The standard InChI is InChI=1S/C15H13Cl2N3/c1-9(12-4-3-11(16)7-13(12)17)20-15-5-2-10(8-18)6-14(15)19/h2-7,9,20H,19H2,1H3. The zero-order chi connectivity index (χ0) is 14.7. The summed E-state index contributed by atoms with van der Waals surface area (Å²) >= 11 is 12.1. The normalized spacial score (nSPS) is 11.7. The highest BCUT2D eigenvalue weighted by atomic mass is 35.5. The second-order valence-corrected chi connectivity index (χ2v) is 5.29. The van der Waals surface area contributed by atoms with Crippen LogP contribution in [0.1, 0.15) is 24.1 Å². The summed E-state index contributed by atoms with van der Waals surface area (Å²) in [6.45, 7) is 1.98. The topological polar surface area (TPSA) is 61.8 Å². The Morgan fingerprint density at radius 3 is 2.55 bits per heavy atom. The average Bonchev–Trinajstić information content (AvgIpc) is 2.40. The number of hydrogen-bond donors (Lipinski definition) is 2. The van der Waals surface area contributed by atoms with Crippen molar-refractivity contribution >= 4 is 34.6 Å². The Kier molecular flexibility index (Phi) is 4.39. The molecule has 0 amide bonds. The van der Waals surface area contributed by atoms with E-state index in [0.717, 1.165) is 11.3 Å². The SMILES string of the molecule is CC(Nc1ccc(C#N)cc1N)c1ccc(Cl)cc1Cl. The summed E-state index contributed by atoms with van der Waals surface area (Å²) in [5, 5.41) is 13.3. The van der Waals surface area contributed by atoms with E-state index < -0.39 is 0 Å². The van der Waals surface area contributed by atoms with Crippen LogP contribution in [-0.2, 0) is 0 Å². The maximum atomic E-state index is 8.82. The monoisotopic (exact) mass is 305 g/mol. The molecule has 0 radical (unpaired) electrons. The average molecular weight is 306 g/mol. The van der Waals surface area contributed by atoms with Crippen molar-refractivity contribution < 1.29 is 0 Å². The first-order valence-electron chi connectivity index (χ1n) is 6.02. The molecule has 0 bridgehead atoms. The number of anilines is 2. The Morgan fingerprint density at radius 2 is 1.95 bits per heavy atom. The van der Waals surface area contributed by atoms with Gasteiger partial charge in [0.25, 0.3) is 0 Å². The molecule has 0 aromatic heterocycles. The van der Waals surface area contributed by atoms with Gasteiger partial charge < -0.3 is 11.1 Å². The number of nitriles is 1. The van der Waals surface area contributed by atoms with Crippen molar-refractivity contribution in [1.82, 2.24) is 0 Å². The molecule has 102 valence electrons. The molecule has 3 nitrogen and oxygen atoms in total. The van der Waals surface area contributed by atoms with E-state index in [9.17, 15) is 0 Å². The maximum Gasteiger partial charge on any atom is 0.0992 e. The van der Waals surface area contributed by atoms with Crippen molar-refractivity contribution in [1.29, 1.82) is 5.26 Å². The second-order valence-electron chi connectivity index (χ2n) is 4.45. The number of benzene rings is 2. The van der Waals surface area contributed by atoms with Crippen LogP contribution in [0.5, 0.6) is 0 Å².